The Balaban J connectivity index is 1.42. The minimum absolute atomic E-state index is 0.0770. The van der Waals surface area contributed by atoms with E-state index in [1.54, 1.807) is 36.0 Å². The van der Waals surface area contributed by atoms with Gasteiger partial charge in [0, 0.05) is 28.2 Å². The van der Waals surface area contributed by atoms with Crippen LogP contribution in [0.2, 0.25) is 0 Å². The predicted octanol–water partition coefficient (Wildman–Crippen LogP) is 5.05. The zero-order valence-corrected chi connectivity index (χ0v) is 17.4. The molecule has 1 unspecified atom stereocenters. The van der Waals surface area contributed by atoms with Gasteiger partial charge in [0.1, 0.15) is 11.3 Å². The molecule has 0 saturated heterocycles. The lowest BCUT2D eigenvalue weighted by molar-refractivity contribution is -0.121. The van der Waals surface area contributed by atoms with Crippen molar-refractivity contribution in [2.24, 2.45) is 0 Å². The number of benzene rings is 3. The Morgan fingerprint density at radius 3 is 2.65 bits per heavy atom. The van der Waals surface area contributed by atoms with E-state index in [4.69, 9.17) is 9.15 Å². The highest BCUT2D eigenvalue weighted by Crippen LogP contribution is 2.43. The van der Waals surface area contributed by atoms with E-state index < -0.39 is 5.63 Å². The number of rotatable bonds is 4. The number of hydrogen-bond acceptors (Lipinski definition) is 5. The fourth-order valence-corrected chi connectivity index (χ4v) is 4.93. The third kappa shape index (κ3) is 3.94. The van der Waals surface area contributed by atoms with Crippen LogP contribution in [0.3, 0.4) is 0 Å². The number of para-hydroxylation sites is 1. The van der Waals surface area contributed by atoms with Gasteiger partial charge in [-0.2, -0.15) is 0 Å². The Labute approximate surface area is 183 Å². The summed E-state index contributed by atoms with van der Waals surface area (Å²) in [4.78, 5) is 27.8. The molecule has 0 bridgehead atoms. The molecule has 3 aromatic carbocycles. The molecule has 1 aliphatic rings. The number of anilines is 1. The van der Waals surface area contributed by atoms with Crippen LogP contribution in [0.4, 0.5) is 5.69 Å². The lowest BCUT2D eigenvalue weighted by Crippen LogP contribution is -2.41. The van der Waals surface area contributed by atoms with Gasteiger partial charge in [0.2, 0.25) is 0 Å². The summed E-state index contributed by atoms with van der Waals surface area (Å²) >= 11 is 1.75. The molecule has 0 radical (unpaired) electrons. The molecule has 1 amide bonds. The Morgan fingerprint density at radius 2 is 1.77 bits per heavy atom. The number of amides is 1. The van der Waals surface area contributed by atoms with Crippen LogP contribution < -0.4 is 15.3 Å². The Morgan fingerprint density at radius 1 is 1.00 bits per heavy atom. The maximum Gasteiger partial charge on any atom is 0.336 e. The molecule has 1 aliphatic heterocycles. The van der Waals surface area contributed by atoms with E-state index in [0.717, 1.165) is 27.3 Å². The van der Waals surface area contributed by atoms with E-state index in [-0.39, 0.29) is 18.6 Å². The molecule has 0 saturated carbocycles. The summed E-state index contributed by atoms with van der Waals surface area (Å²) in [5.74, 6) is 1.12. The highest BCUT2D eigenvalue weighted by molar-refractivity contribution is 7.99. The van der Waals surface area contributed by atoms with Gasteiger partial charge in [-0.25, -0.2) is 4.79 Å². The van der Waals surface area contributed by atoms with Gasteiger partial charge in [-0.05, 0) is 35.9 Å². The monoisotopic (exact) mass is 429 g/mol. The van der Waals surface area contributed by atoms with Crippen LogP contribution in [0, 0.1) is 0 Å². The average molecular weight is 429 g/mol. The van der Waals surface area contributed by atoms with E-state index in [1.165, 1.54) is 6.07 Å². The Kier molecular flexibility index (Phi) is 5.22. The molecule has 4 aromatic rings. The van der Waals surface area contributed by atoms with Crippen molar-refractivity contribution in [3.63, 3.8) is 0 Å². The highest BCUT2D eigenvalue weighted by Gasteiger charge is 2.32. The summed E-state index contributed by atoms with van der Waals surface area (Å²) in [6.45, 7) is -0.120. The van der Waals surface area contributed by atoms with Crippen molar-refractivity contribution in [1.82, 2.24) is 0 Å². The molecule has 6 heteroatoms. The van der Waals surface area contributed by atoms with Crippen LogP contribution in [0.25, 0.3) is 11.0 Å². The van der Waals surface area contributed by atoms with Gasteiger partial charge < -0.3 is 9.15 Å². The molecule has 31 heavy (non-hydrogen) atoms. The third-order valence-corrected chi connectivity index (χ3v) is 6.38. The summed E-state index contributed by atoms with van der Waals surface area (Å²) in [6.07, 6.45) is 0. The van der Waals surface area contributed by atoms with E-state index >= 15 is 0 Å². The SMILES string of the molecule is O=C(COc1ccc2ccc(=O)oc2c1)N1c2ccccc2SCC1c1ccccc1. The molecule has 5 nitrogen and oxygen atoms in total. The smallest absolute Gasteiger partial charge is 0.336 e. The van der Waals surface area contributed by atoms with Gasteiger partial charge in [0.25, 0.3) is 5.91 Å². The zero-order valence-electron chi connectivity index (χ0n) is 16.6. The molecular weight excluding hydrogens is 410 g/mol. The van der Waals surface area contributed by atoms with Crippen LogP contribution in [0.15, 0.2) is 99.0 Å². The number of nitrogens with zero attached hydrogens (tertiary/aromatic N) is 1. The predicted molar refractivity (Wildman–Crippen MR) is 122 cm³/mol. The van der Waals surface area contributed by atoms with E-state index in [0.29, 0.717) is 11.3 Å². The maximum absolute atomic E-state index is 13.4. The van der Waals surface area contributed by atoms with Gasteiger partial charge in [0.05, 0.1) is 11.7 Å². The average Bonchev–Trinajstić information content (AvgIpc) is 2.82. The van der Waals surface area contributed by atoms with Gasteiger partial charge in [-0.15, -0.1) is 11.8 Å². The van der Waals surface area contributed by atoms with Crippen molar-refractivity contribution in [2.75, 3.05) is 17.3 Å². The molecular formula is C25H19NO4S. The number of carbonyl (C=O) groups excluding carboxylic acids is 1. The van der Waals surface area contributed by atoms with Gasteiger partial charge in [-0.1, -0.05) is 42.5 Å². The first-order valence-electron chi connectivity index (χ1n) is 9.94. The maximum atomic E-state index is 13.4. The van der Waals surface area contributed by atoms with Crippen molar-refractivity contribution in [1.29, 1.82) is 0 Å². The minimum Gasteiger partial charge on any atom is -0.484 e. The lowest BCUT2D eigenvalue weighted by atomic mass is 10.1. The van der Waals surface area contributed by atoms with Crippen LogP contribution in [-0.4, -0.2) is 18.3 Å². The van der Waals surface area contributed by atoms with Crippen molar-refractivity contribution >= 4 is 34.3 Å². The fraction of sp³-hybridized carbons (Fsp3) is 0.120. The van der Waals surface area contributed by atoms with E-state index in [9.17, 15) is 9.59 Å². The zero-order chi connectivity index (χ0) is 21.2. The van der Waals surface area contributed by atoms with Crippen molar-refractivity contribution in [3.05, 3.63) is 101 Å². The van der Waals surface area contributed by atoms with Crippen LogP contribution in [-0.2, 0) is 4.79 Å². The lowest BCUT2D eigenvalue weighted by Gasteiger charge is -2.37. The largest absolute Gasteiger partial charge is 0.484 e. The quantitative estimate of drug-likeness (QED) is 0.425. The Hall–Kier alpha value is -3.51. The normalized spacial score (nSPS) is 15.5. The molecule has 0 aliphatic carbocycles. The Bertz CT molecular complexity index is 1300. The number of ether oxygens (including phenoxy) is 1. The van der Waals surface area contributed by atoms with Crippen LogP contribution in [0.5, 0.6) is 5.75 Å². The fourth-order valence-electron chi connectivity index (χ4n) is 3.76. The van der Waals surface area contributed by atoms with Gasteiger partial charge in [-0.3, -0.25) is 9.69 Å². The second-order valence-corrected chi connectivity index (χ2v) is 8.27. The number of carbonyl (C=O) groups is 1. The van der Waals surface area contributed by atoms with Gasteiger partial charge >= 0.3 is 5.63 Å². The molecule has 0 spiro atoms. The van der Waals surface area contributed by atoms with Crippen LogP contribution >= 0.6 is 11.8 Å². The van der Waals surface area contributed by atoms with Crippen molar-refractivity contribution in [3.8, 4) is 5.75 Å². The second-order valence-electron chi connectivity index (χ2n) is 7.21. The summed E-state index contributed by atoms with van der Waals surface area (Å²) in [7, 11) is 0. The second kappa shape index (κ2) is 8.32. The molecule has 5 rings (SSSR count). The molecule has 0 N–H and O–H groups in total. The number of thioether (sulfide) groups is 1. The molecule has 2 heterocycles. The molecule has 1 atom stereocenters. The van der Waals surface area contributed by atoms with E-state index in [1.807, 2.05) is 59.5 Å². The first-order valence-corrected chi connectivity index (χ1v) is 10.9. The molecule has 0 fully saturated rings. The van der Waals surface area contributed by atoms with Crippen molar-refractivity contribution < 1.29 is 13.9 Å². The summed E-state index contributed by atoms with van der Waals surface area (Å²) < 4.78 is 11.0. The molecule has 154 valence electrons. The first kappa shape index (κ1) is 19.5. The highest BCUT2D eigenvalue weighted by atomic mass is 32.2. The third-order valence-electron chi connectivity index (χ3n) is 5.24. The van der Waals surface area contributed by atoms with E-state index in [2.05, 4.69) is 0 Å². The van der Waals surface area contributed by atoms with Gasteiger partial charge in [0.15, 0.2) is 6.61 Å². The standard InChI is InChI=1S/C25H19NO4S/c27-24(15-29-19-12-10-18-11-13-25(28)30-22(18)14-19)26-20-8-4-5-9-23(20)31-16-21(26)17-6-2-1-3-7-17/h1-14,21H,15-16H2. The summed E-state index contributed by atoms with van der Waals surface area (Å²) in [6, 6.07) is 26.2. The number of fused-ring (bicyclic) bond motifs is 2. The summed E-state index contributed by atoms with van der Waals surface area (Å²) in [5.41, 5.74) is 1.99. The summed E-state index contributed by atoms with van der Waals surface area (Å²) in [5, 5.41) is 0.796. The first-order chi connectivity index (χ1) is 15.2. The number of hydrogen-bond donors (Lipinski definition) is 0. The topological polar surface area (TPSA) is 59.8 Å². The minimum atomic E-state index is -0.422. The van der Waals surface area contributed by atoms with Crippen LogP contribution in [0.1, 0.15) is 11.6 Å². The van der Waals surface area contributed by atoms with Crippen molar-refractivity contribution in [2.45, 2.75) is 10.9 Å². The molecule has 1 aromatic heterocycles.